The molecule has 94 valence electrons. The van der Waals surface area contributed by atoms with Gasteiger partial charge in [-0.3, -0.25) is 9.58 Å². The number of rotatable bonds is 4. The number of oxime groups is 1. The first kappa shape index (κ1) is 11.9. The summed E-state index contributed by atoms with van der Waals surface area (Å²) in [6.45, 7) is 2.72. The molecule has 0 radical (unpaired) electrons. The molecule has 1 aromatic rings. The summed E-state index contributed by atoms with van der Waals surface area (Å²) in [7, 11) is 0. The third-order valence-electron chi connectivity index (χ3n) is 3.25. The fourth-order valence-corrected chi connectivity index (χ4v) is 2.32. The molecular weight excluding hydrogens is 218 g/mol. The number of hydrogen-bond acceptors (Lipinski definition) is 4. The minimum absolute atomic E-state index is 0.0734. The maximum absolute atomic E-state index is 8.78. The summed E-state index contributed by atoms with van der Waals surface area (Å²) in [6, 6.07) is 1.99. The SMILES string of the molecule is NC(=NO)C1CCCCN1CCn1cccn1. The summed E-state index contributed by atoms with van der Waals surface area (Å²) >= 11 is 0. The highest BCUT2D eigenvalue weighted by atomic mass is 16.4. The lowest BCUT2D eigenvalue weighted by molar-refractivity contribution is 0.177. The molecule has 1 fully saturated rings. The first-order chi connectivity index (χ1) is 8.31. The van der Waals surface area contributed by atoms with Gasteiger partial charge in [-0.05, 0) is 25.5 Å². The van der Waals surface area contributed by atoms with Crippen LogP contribution in [0.4, 0.5) is 0 Å². The Hall–Kier alpha value is -1.56. The average molecular weight is 237 g/mol. The van der Waals surface area contributed by atoms with E-state index >= 15 is 0 Å². The quantitative estimate of drug-likeness (QED) is 0.345. The van der Waals surface area contributed by atoms with Crippen molar-refractivity contribution in [2.45, 2.75) is 31.8 Å². The lowest BCUT2D eigenvalue weighted by Gasteiger charge is -2.34. The Balaban J connectivity index is 1.92. The van der Waals surface area contributed by atoms with E-state index in [1.54, 1.807) is 6.20 Å². The van der Waals surface area contributed by atoms with Crippen molar-refractivity contribution in [3.05, 3.63) is 18.5 Å². The number of amidine groups is 1. The summed E-state index contributed by atoms with van der Waals surface area (Å²) in [4.78, 5) is 2.26. The summed E-state index contributed by atoms with van der Waals surface area (Å²) < 4.78 is 1.90. The van der Waals surface area contributed by atoms with Crippen LogP contribution in [0.15, 0.2) is 23.6 Å². The van der Waals surface area contributed by atoms with Gasteiger partial charge in [-0.2, -0.15) is 5.10 Å². The van der Waals surface area contributed by atoms with Crippen LogP contribution in [-0.2, 0) is 6.54 Å². The van der Waals surface area contributed by atoms with Crippen molar-refractivity contribution in [1.29, 1.82) is 0 Å². The summed E-state index contributed by atoms with van der Waals surface area (Å²) in [5.74, 6) is 0.324. The van der Waals surface area contributed by atoms with Gasteiger partial charge >= 0.3 is 0 Å². The Bertz CT molecular complexity index is 362. The van der Waals surface area contributed by atoms with Gasteiger partial charge in [-0.1, -0.05) is 11.6 Å². The summed E-state index contributed by atoms with van der Waals surface area (Å²) in [6.07, 6.45) is 7.00. The highest BCUT2D eigenvalue weighted by molar-refractivity contribution is 5.85. The van der Waals surface area contributed by atoms with E-state index in [0.29, 0.717) is 5.84 Å². The minimum atomic E-state index is 0.0734. The number of aromatic nitrogens is 2. The predicted molar refractivity (Wildman–Crippen MR) is 64.8 cm³/mol. The van der Waals surface area contributed by atoms with Gasteiger partial charge in [0.1, 0.15) is 0 Å². The van der Waals surface area contributed by atoms with Crippen LogP contribution < -0.4 is 5.73 Å². The van der Waals surface area contributed by atoms with Gasteiger partial charge in [0.05, 0.1) is 12.6 Å². The van der Waals surface area contributed by atoms with E-state index in [0.717, 1.165) is 32.5 Å². The van der Waals surface area contributed by atoms with Gasteiger partial charge in [0.15, 0.2) is 5.84 Å². The van der Waals surface area contributed by atoms with E-state index in [-0.39, 0.29) is 6.04 Å². The lowest BCUT2D eigenvalue weighted by atomic mass is 10.0. The van der Waals surface area contributed by atoms with Gasteiger partial charge in [-0.15, -0.1) is 0 Å². The average Bonchev–Trinajstić information content (AvgIpc) is 2.89. The molecule has 1 atom stereocenters. The minimum Gasteiger partial charge on any atom is -0.409 e. The molecule has 2 rings (SSSR count). The fraction of sp³-hybridized carbons (Fsp3) is 0.636. The molecule has 0 aromatic carbocycles. The number of nitrogens with two attached hydrogens (primary N) is 1. The second kappa shape index (κ2) is 5.67. The molecule has 0 saturated carbocycles. The molecule has 17 heavy (non-hydrogen) atoms. The third kappa shape index (κ3) is 2.97. The second-order valence-electron chi connectivity index (χ2n) is 4.34. The van der Waals surface area contributed by atoms with Crippen LogP contribution in [0.25, 0.3) is 0 Å². The van der Waals surface area contributed by atoms with E-state index in [1.807, 2.05) is 16.9 Å². The van der Waals surface area contributed by atoms with Crippen LogP contribution in [0.5, 0.6) is 0 Å². The Labute approximate surface area is 101 Å². The molecule has 1 aliphatic rings. The van der Waals surface area contributed by atoms with Crippen LogP contribution in [0.3, 0.4) is 0 Å². The number of hydrogen-bond donors (Lipinski definition) is 2. The van der Waals surface area contributed by atoms with Crippen LogP contribution in [-0.4, -0.2) is 44.9 Å². The predicted octanol–water partition coefficient (Wildman–Crippen LogP) is 0.484. The molecule has 1 saturated heterocycles. The van der Waals surface area contributed by atoms with Crippen molar-refractivity contribution in [2.75, 3.05) is 13.1 Å². The van der Waals surface area contributed by atoms with E-state index < -0.39 is 0 Å². The molecule has 0 bridgehead atoms. The molecule has 1 aromatic heterocycles. The van der Waals surface area contributed by atoms with Crippen LogP contribution >= 0.6 is 0 Å². The van der Waals surface area contributed by atoms with E-state index in [9.17, 15) is 0 Å². The van der Waals surface area contributed by atoms with Crippen molar-refractivity contribution < 1.29 is 5.21 Å². The molecule has 1 aliphatic heterocycles. The van der Waals surface area contributed by atoms with Crippen molar-refractivity contribution >= 4 is 5.84 Å². The Morgan fingerprint density at radius 2 is 2.35 bits per heavy atom. The normalized spacial score (nSPS) is 22.8. The van der Waals surface area contributed by atoms with Gasteiger partial charge < -0.3 is 10.9 Å². The second-order valence-corrected chi connectivity index (χ2v) is 4.34. The van der Waals surface area contributed by atoms with Crippen molar-refractivity contribution in [1.82, 2.24) is 14.7 Å². The molecule has 2 heterocycles. The monoisotopic (exact) mass is 237 g/mol. The van der Waals surface area contributed by atoms with Gasteiger partial charge in [0.25, 0.3) is 0 Å². The molecule has 0 amide bonds. The lowest BCUT2D eigenvalue weighted by Crippen LogP contribution is -2.48. The Kier molecular flexibility index (Phi) is 3.98. The van der Waals surface area contributed by atoms with Crippen molar-refractivity contribution in [3.8, 4) is 0 Å². The smallest absolute Gasteiger partial charge is 0.156 e. The first-order valence-corrected chi connectivity index (χ1v) is 6.00. The largest absolute Gasteiger partial charge is 0.409 e. The number of piperidine rings is 1. The number of nitrogens with zero attached hydrogens (tertiary/aromatic N) is 4. The van der Waals surface area contributed by atoms with Gasteiger partial charge in [0.2, 0.25) is 0 Å². The van der Waals surface area contributed by atoms with Gasteiger partial charge in [0, 0.05) is 18.9 Å². The van der Waals surface area contributed by atoms with Crippen LogP contribution in [0.1, 0.15) is 19.3 Å². The molecule has 6 nitrogen and oxygen atoms in total. The molecule has 1 unspecified atom stereocenters. The fourth-order valence-electron chi connectivity index (χ4n) is 2.32. The van der Waals surface area contributed by atoms with Crippen molar-refractivity contribution in [3.63, 3.8) is 0 Å². The highest BCUT2D eigenvalue weighted by Gasteiger charge is 2.25. The standard InChI is InChI=1S/C11H19N5O/c12-11(14-17)10-4-1-2-6-15(10)8-9-16-7-3-5-13-16/h3,5,7,10,17H,1-2,4,6,8-9H2,(H2,12,14). The van der Waals surface area contributed by atoms with E-state index in [4.69, 9.17) is 10.9 Å². The van der Waals surface area contributed by atoms with Gasteiger partial charge in [-0.25, -0.2) is 0 Å². The maximum atomic E-state index is 8.78. The zero-order valence-electron chi connectivity index (χ0n) is 9.87. The highest BCUT2D eigenvalue weighted by Crippen LogP contribution is 2.16. The third-order valence-corrected chi connectivity index (χ3v) is 3.25. The Morgan fingerprint density at radius 3 is 3.06 bits per heavy atom. The van der Waals surface area contributed by atoms with Crippen LogP contribution in [0, 0.1) is 0 Å². The summed E-state index contributed by atoms with van der Waals surface area (Å²) in [5.41, 5.74) is 5.72. The number of likely N-dealkylation sites (tertiary alicyclic amines) is 1. The topological polar surface area (TPSA) is 79.7 Å². The zero-order chi connectivity index (χ0) is 12.1. The first-order valence-electron chi connectivity index (χ1n) is 6.00. The molecule has 6 heteroatoms. The molecule has 0 aliphatic carbocycles. The zero-order valence-corrected chi connectivity index (χ0v) is 9.87. The Morgan fingerprint density at radius 1 is 1.47 bits per heavy atom. The van der Waals surface area contributed by atoms with Crippen LogP contribution in [0.2, 0.25) is 0 Å². The molecule has 3 N–H and O–H groups in total. The molecular formula is C11H19N5O. The summed E-state index contributed by atoms with van der Waals surface area (Å²) in [5, 5.41) is 16.1. The maximum Gasteiger partial charge on any atom is 0.156 e. The van der Waals surface area contributed by atoms with E-state index in [1.165, 1.54) is 6.42 Å². The molecule has 0 spiro atoms. The van der Waals surface area contributed by atoms with E-state index in [2.05, 4.69) is 15.2 Å². The van der Waals surface area contributed by atoms with Crippen molar-refractivity contribution in [2.24, 2.45) is 10.9 Å².